The van der Waals surface area contributed by atoms with Crippen molar-refractivity contribution in [1.82, 2.24) is 10.3 Å². The minimum absolute atomic E-state index is 0.179. The first kappa shape index (κ1) is 13.4. The topological polar surface area (TPSA) is 74.6 Å². The predicted octanol–water partition coefficient (Wildman–Crippen LogP) is 2.68. The smallest absolute Gasteiger partial charge is 0.264 e. The van der Waals surface area contributed by atoms with E-state index >= 15 is 0 Å². The number of nitrogens with zero attached hydrogens (tertiary/aromatic N) is 2. The normalized spacial score (nSPS) is 18.2. The van der Waals surface area contributed by atoms with Crippen LogP contribution < -0.4 is 5.32 Å². The van der Waals surface area contributed by atoms with Crippen LogP contribution in [0.1, 0.15) is 5.69 Å². The van der Waals surface area contributed by atoms with Gasteiger partial charge in [-0.25, -0.2) is 4.99 Å². The number of amidine groups is 1. The van der Waals surface area contributed by atoms with Gasteiger partial charge in [0.15, 0.2) is 5.17 Å². The van der Waals surface area contributed by atoms with Crippen molar-refractivity contribution >= 4 is 34.6 Å². The maximum atomic E-state index is 11.9. The average molecular weight is 297 g/mol. The second-order valence-electron chi connectivity index (χ2n) is 4.25. The molecule has 0 atom stereocenters. The van der Waals surface area contributed by atoms with E-state index in [4.69, 9.17) is 0 Å². The fraction of sp³-hybridized carbons (Fsp3) is 0. The number of carbonyl (C=O) groups excluding carboxylic acids is 1. The number of aliphatic imine (C=N–C) groups is 1. The van der Waals surface area contributed by atoms with Crippen molar-refractivity contribution in [2.24, 2.45) is 4.99 Å². The van der Waals surface area contributed by atoms with Crippen LogP contribution in [0.15, 0.2) is 58.6 Å². The first-order valence-electron chi connectivity index (χ1n) is 6.20. The van der Waals surface area contributed by atoms with Gasteiger partial charge in [-0.15, -0.1) is 0 Å². The van der Waals surface area contributed by atoms with E-state index in [0.29, 0.717) is 15.8 Å². The van der Waals surface area contributed by atoms with Gasteiger partial charge in [0.05, 0.1) is 16.3 Å². The SMILES string of the molecule is O=C1NC(=Nc2ccc(O)cc2)S/C1=C\c1ccccn1. The van der Waals surface area contributed by atoms with Gasteiger partial charge in [-0.05, 0) is 54.2 Å². The maximum absolute atomic E-state index is 11.9. The number of amides is 1. The van der Waals surface area contributed by atoms with Gasteiger partial charge in [0.2, 0.25) is 0 Å². The molecular weight excluding hydrogens is 286 g/mol. The fourth-order valence-electron chi connectivity index (χ4n) is 1.72. The molecule has 1 saturated heterocycles. The van der Waals surface area contributed by atoms with Crippen LogP contribution in [-0.2, 0) is 4.79 Å². The van der Waals surface area contributed by atoms with Crippen molar-refractivity contribution in [2.75, 3.05) is 0 Å². The average Bonchev–Trinajstić information content (AvgIpc) is 2.82. The number of benzene rings is 1. The molecule has 3 rings (SSSR count). The molecule has 1 aromatic carbocycles. The Morgan fingerprint density at radius 3 is 2.71 bits per heavy atom. The zero-order valence-electron chi connectivity index (χ0n) is 10.9. The highest BCUT2D eigenvalue weighted by atomic mass is 32.2. The Balaban J connectivity index is 1.81. The predicted molar refractivity (Wildman–Crippen MR) is 83.1 cm³/mol. The maximum Gasteiger partial charge on any atom is 0.264 e. The highest BCUT2D eigenvalue weighted by molar-refractivity contribution is 8.18. The lowest BCUT2D eigenvalue weighted by atomic mass is 10.3. The monoisotopic (exact) mass is 297 g/mol. The van der Waals surface area contributed by atoms with Crippen molar-refractivity contribution < 1.29 is 9.90 Å². The van der Waals surface area contributed by atoms with Crippen molar-refractivity contribution in [1.29, 1.82) is 0 Å². The number of carbonyl (C=O) groups is 1. The second kappa shape index (κ2) is 5.80. The Hall–Kier alpha value is -2.60. The van der Waals surface area contributed by atoms with E-state index in [2.05, 4.69) is 15.3 Å². The summed E-state index contributed by atoms with van der Waals surface area (Å²) in [6.07, 6.45) is 3.40. The van der Waals surface area contributed by atoms with Gasteiger partial charge in [-0.1, -0.05) is 6.07 Å². The second-order valence-corrected chi connectivity index (χ2v) is 5.28. The summed E-state index contributed by atoms with van der Waals surface area (Å²) in [4.78, 5) is 20.9. The van der Waals surface area contributed by atoms with Gasteiger partial charge in [0.1, 0.15) is 5.75 Å². The molecule has 104 valence electrons. The molecule has 1 aliphatic heterocycles. The number of aromatic nitrogens is 1. The molecule has 1 amide bonds. The largest absolute Gasteiger partial charge is 0.508 e. The van der Waals surface area contributed by atoms with Crippen molar-refractivity contribution in [2.45, 2.75) is 0 Å². The van der Waals surface area contributed by atoms with E-state index in [-0.39, 0.29) is 11.7 Å². The number of hydrogen-bond donors (Lipinski definition) is 2. The number of hydrogen-bond acceptors (Lipinski definition) is 5. The molecule has 0 aliphatic carbocycles. The number of phenolic OH excluding ortho intramolecular Hbond substituents is 1. The summed E-state index contributed by atoms with van der Waals surface area (Å²) in [5, 5.41) is 12.4. The van der Waals surface area contributed by atoms with Gasteiger partial charge in [-0.3, -0.25) is 9.78 Å². The Kier molecular flexibility index (Phi) is 3.70. The summed E-state index contributed by atoms with van der Waals surface area (Å²) in [6.45, 7) is 0. The van der Waals surface area contributed by atoms with E-state index in [1.54, 1.807) is 36.5 Å². The molecule has 0 saturated carbocycles. The summed E-state index contributed by atoms with van der Waals surface area (Å²) in [5.41, 5.74) is 1.38. The summed E-state index contributed by atoms with van der Waals surface area (Å²) < 4.78 is 0. The summed E-state index contributed by atoms with van der Waals surface area (Å²) in [6, 6.07) is 12.0. The molecule has 0 spiro atoms. The Labute approximate surface area is 125 Å². The van der Waals surface area contributed by atoms with Crippen LogP contribution >= 0.6 is 11.8 Å². The highest BCUT2D eigenvalue weighted by Gasteiger charge is 2.23. The molecule has 1 fully saturated rings. The molecule has 1 aliphatic rings. The molecule has 2 N–H and O–H groups in total. The standard InChI is InChI=1S/C15H11N3O2S/c19-12-6-4-10(5-7-12)17-15-18-14(20)13(21-15)9-11-3-1-2-8-16-11/h1-9,19H,(H,17,18,20)/b13-9-. The lowest BCUT2D eigenvalue weighted by Gasteiger charge is -1.96. The zero-order valence-corrected chi connectivity index (χ0v) is 11.7. The van der Waals surface area contributed by atoms with E-state index in [0.717, 1.165) is 5.69 Å². The van der Waals surface area contributed by atoms with E-state index in [1.165, 1.54) is 11.8 Å². The molecule has 21 heavy (non-hydrogen) atoms. The van der Waals surface area contributed by atoms with Crippen LogP contribution in [0.5, 0.6) is 5.75 Å². The number of pyridine rings is 1. The van der Waals surface area contributed by atoms with E-state index in [9.17, 15) is 9.90 Å². The van der Waals surface area contributed by atoms with Gasteiger partial charge in [0.25, 0.3) is 5.91 Å². The van der Waals surface area contributed by atoms with Crippen LogP contribution in [0.3, 0.4) is 0 Å². The minimum atomic E-state index is -0.191. The van der Waals surface area contributed by atoms with Gasteiger partial charge in [0, 0.05) is 6.20 Å². The number of phenols is 1. The summed E-state index contributed by atoms with van der Waals surface area (Å²) in [7, 11) is 0. The third-order valence-corrected chi connectivity index (χ3v) is 3.61. The van der Waals surface area contributed by atoms with Crippen molar-refractivity contribution in [3.63, 3.8) is 0 Å². The van der Waals surface area contributed by atoms with Crippen LogP contribution in [-0.4, -0.2) is 21.2 Å². The van der Waals surface area contributed by atoms with Crippen molar-refractivity contribution in [3.05, 3.63) is 59.3 Å². The Bertz CT molecular complexity index is 724. The van der Waals surface area contributed by atoms with Crippen LogP contribution in [0, 0.1) is 0 Å². The molecule has 2 aromatic rings. The number of nitrogens with one attached hydrogen (secondary N) is 1. The molecule has 1 aromatic heterocycles. The van der Waals surface area contributed by atoms with E-state index in [1.807, 2.05) is 18.2 Å². The number of thioether (sulfide) groups is 1. The quantitative estimate of drug-likeness (QED) is 0.836. The molecule has 2 heterocycles. The molecule has 0 radical (unpaired) electrons. The highest BCUT2D eigenvalue weighted by Crippen LogP contribution is 2.28. The molecule has 5 nitrogen and oxygen atoms in total. The lowest BCUT2D eigenvalue weighted by Crippen LogP contribution is -2.19. The Morgan fingerprint density at radius 1 is 1.19 bits per heavy atom. The van der Waals surface area contributed by atoms with Crippen LogP contribution in [0.4, 0.5) is 5.69 Å². The van der Waals surface area contributed by atoms with E-state index < -0.39 is 0 Å². The summed E-state index contributed by atoms with van der Waals surface area (Å²) >= 11 is 1.26. The van der Waals surface area contributed by atoms with Gasteiger partial charge >= 0.3 is 0 Å². The molecular formula is C15H11N3O2S. The fourth-order valence-corrected chi connectivity index (χ4v) is 2.55. The Morgan fingerprint density at radius 2 is 2.00 bits per heavy atom. The lowest BCUT2D eigenvalue weighted by molar-refractivity contribution is -0.115. The minimum Gasteiger partial charge on any atom is -0.508 e. The molecule has 0 bridgehead atoms. The molecule has 0 unspecified atom stereocenters. The number of rotatable bonds is 2. The van der Waals surface area contributed by atoms with Gasteiger partial charge < -0.3 is 10.4 Å². The first-order chi connectivity index (χ1) is 10.2. The third kappa shape index (κ3) is 3.29. The van der Waals surface area contributed by atoms with Crippen molar-refractivity contribution in [3.8, 4) is 5.75 Å². The zero-order chi connectivity index (χ0) is 14.7. The van der Waals surface area contributed by atoms with Crippen LogP contribution in [0.2, 0.25) is 0 Å². The van der Waals surface area contributed by atoms with Crippen LogP contribution in [0.25, 0.3) is 6.08 Å². The first-order valence-corrected chi connectivity index (χ1v) is 7.02. The summed E-state index contributed by atoms with van der Waals surface area (Å²) in [5.74, 6) is -0.0130. The molecule has 6 heteroatoms. The third-order valence-electron chi connectivity index (χ3n) is 2.70. The number of aromatic hydroxyl groups is 1. The van der Waals surface area contributed by atoms with Gasteiger partial charge in [-0.2, -0.15) is 0 Å².